The van der Waals surface area contributed by atoms with Crippen LogP contribution in [0, 0.1) is 5.92 Å². The van der Waals surface area contributed by atoms with Crippen molar-refractivity contribution in [2.45, 2.75) is 32.7 Å². The molecule has 3 nitrogen and oxygen atoms in total. The minimum Gasteiger partial charge on any atom is -0.384 e. The second kappa shape index (κ2) is 5.30. The minimum absolute atomic E-state index is 0.626. The lowest BCUT2D eigenvalue weighted by atomic mass is 10.0. The van der Waals surface area contributed by atoms with E-state index >= 15 is 0 Å². The Morgan fingerprint density at radius 1 is 1.38 bits per heavy atom. The third-order valence-corrected chi connectivity index (χ3v) is 3.32. The topological polar surface area (TPSA) is 42.1 Å². The second-order valence-corrected chi connectivity index (χ2v) is 4.87. The SMILES string of the molecule is CC1CCCN(Cc2cccc(N)n2)CC1. The number of nitrogens with zero attached hydrogens (tertiary/aromatic N) is 2. The molecule has 3 heteroatoms. The fourth-order valence-corrected chi connectivity index (χ4v) is 2.30. The molecule has 0 aromatic carbocycles. The molecule has 0 spiro atoms. The van der Waals surface area contributed by atoms with E-state index in [-0.39, 0.29) is 0 Å². The van der Waals surface area contributed by atoms with Crippen molar-refractivity contribution in [1.82, 2.24) is 9.88 Å². The Kier molecular flexibility index (Phi) is 3.78. The number of aromatic nitrogens is 1. The van der Waals surface area contributed by atoms with Gasteiger partial charge in [0.05, 0.1) is 5.69 Å². The summed E-state index contributed by atoms with van der Waals surface area (Å²) in [4.78, 5) is 6.84. The molecule has 0 radical (unpaired) electrons. The molecule has 1 saturated heterocycles. The van der Waals surface area contributed by atoms with Gasteiger partial charge in [0.25, 0.3) is 0 Å². The summed E-state index contributed by atoms with van der Waals surface area (Å²) in [5, 5.41) is 0. The molecule has 0 aliphatic carbocycles. The number of hydrogen-bond acceptors (Lipinski definition) is 3. The number of hydrogen-bond donors (Lipinski definition) is 1. The molecule has 16 heavy (non-hydrogen) atoms. The van der Waals surface area contributed by atoms with Crippen LogP contribution in [0.1, 0.15) is 31.9 Å². The van der Waals surface area contributed by atoms with Crippen LogP contribution in [0.3, 0.4) is 0 Å². The van der Waals surface area contributed by atoms with E-state index in [9.17, 15) is 0 Å². The summed E-state index contributed by atoms with van der Waals surface area (Å²) in [6.07, 6.45) is 3.98. The number of nitrogen functional groups attached to an aromatic ring is 1. The lowest BCUT2D eigenvalue weighted by Gasteiger charge is -2.19. The third-order valence-electron chi connectivity index (χ3n) is 3.32. The first-order valence-corrected chi connectivity index (χ1v) is 6.18. The van der Waals surface area contributed by atoms with Gasteiger partial charge in [-0.25, -0.2) is 4.98 Å². The van der Waals surface area contributed by atoms with E-state index in [2.05, 4.69) is 22.9 Å². The van der Waals surface area contributed by atoms with Crippen molar-refractivity contribution in [2.75, 3.05) is 18.8 Å². The molecule has 1 aromatic rings. The summed E-state index contributed by atoms with van der Waals surface area (Å²) < 4.78 is 0. The normalized spacial score (nSPS) is 22.9. The average Bonchev–Trinajstić information content (AvgIpc) is 2.44. The minimum atomic E-state index is 0.626. The van der Waals surface area contributed by atoms with Crippen molar-refractivity contribution >= 4 is 5.82 Å². The van der Waals surface area contributed by atoms with E-state index < -0.39 is 0 Å². The molecule has 2 heterocycles. The summed E-state index contributed by atoms with van der Waals surface area (Å²) in [7, 11) is 0. The Labute approximate surface area is 97.7 Å². The maximum Gasteiger partial charge on any atom is 0.123 e. The van der Waals surface area contributed by atoms with Crippen LogP contribution in [0.25, 0.3) is 0 Å². The fourth-order valence-electron chi connectivity index (χ4n) is 2.30. The Morgan fingerprint density at radius 2 is 2.25 bits per heavy atom. The molecule has 2 N–H and O–H groups in total. The van der Waals surface area contributed by atoms with Gasteiger partial charge in [-0.3, -0.25) is 4.90 Å². The zero-order chi connectivity index (χ0) is 11.4. The van der Waals surface area contributed by atoms with Gasteiger partial charge in [0.2, 0.25) is 0 Å². The van der Waals surface area contributed by atoms with Gasteiger partial charge >= 0.3 is 0 Å². The first-order valence-electron chi connectivity index (χ1n) is 6.18. The van der Waals surface area contributed by atoms with Crippen molar-refractivity contribution in [3.05, 3.63) is 23.9 Å². The molecule has 2 rings (SSSR count). The third kappa shape index (κ3) is 3.20. The first-order chi connectivity index (χ1) is 7.74. The van der Waals surface area contributed by atoms with Gasteiger partial charge in [0.15, 0.2) is 0 Å². The molecule has 1 unspecified atom stereocenters. The molecule has 1 fully saturated rings. The monoisotopic (exact) mass is 219 g/mol. The molecule has 1 aliphatic heterocycles. The molecule has 1 aliphatic rings. The highest BCUT2D eigenvalue weighted by Gasteiger charge is 2.14. The number of nitrogens with two attached hydrogens (primary N) is 1. The highest BCUT2D eigenvalue weighted by atomic mass is 15.1. The van der Waals surface area contributed by atoms with Crippen LogP contribution in [0.2, 0.25) is 0 Å². The van der Waals surface area contributed by atoms with Crippen molar-refractivity contribution in [3.8, 4) is 0 Å². The summed E-state index contributed by atoms with van der Waals surface area (Å²) in [5.41, 5.74) is 6.78. The van der Waals surface area contributed by atoms with Crippen molar-refractivity contribution in [2.24, 2.45) is 5.92 Å². The fraction of sp³-hybridized carbons (Fsp3) is 0.615. The van der Waals surface area contributed by atoms with Crippen LogP contribution in [-0.4, -0.2) is 23.0 Å². The van der Waals surface area contributed by atoms with E-state index in [1.807, 2.05) is 12.1 Å². The number of anilines is 1. The second-order valence-electron chi connectivity index (χ2n) is 4.87. The number of likely N-dealkylation sites (tertiary alicyclic amines) is 1. The van der Waals surface area contributed by atoms with Crippen molar-refractivity contribution < 1.29 is 0 Å². The Bertz CT molecular complexity index is 338. The van der Waals surface area contributed by atoms with Crippen molar-refractivity contribution in [1.29, 1.82) is 0 Å². The summed E-state index contributed by atoms with van der Waals surface area (Å²) in [6.45, 7) is 5.68. The molecule has 88 valence electrons. The summed E-state index contributed by atoms with van der Waals surface area (Å²) >= 11 is 0. The first kappa shape index (κ1) is 11.4. The van der Waals surface area contributed by atoms with Gasteiger partial charge in [-0.2, -0.15) is 0 Å². The van der Waals surface area contributed by atoms with Gasteiger partial charge in [-0.15, -0.1) is 0 Å². The zero-order valence-corrected chi connectivity index (χ0v) is 10.0. The van der Waals surface area contributed by atoms with Gasteiger partial charge < -0.3 is 5.73 Å². The van der Waals surface area contributed by atoms with Crippen LogP contribution in [0.4, 0.5) is 5.82 Å². The van der Waals surface area contributed by atoms with Crippen LogP contribution < -0.4 is 5.73 Å². The van der Waals surface area contributed by atoms with Gasteiger partial charge in [0, 0.05) is 6.54 Å². The Morgan fingerprint density at radius 3 is 3.06 bits per heavy atom. The number of rotatable bonds is 2. The molecule has 0 amide bonds. The predicted molar refractivity (Wildman–Crippen MR) is 66.9 cm³/mol. The highest BCUT2D eigenvalue weighted by molar-refractivity contribution is 5.28. The maximum absolute atomic E-state index is 5.69. The van der Waals surface area contributed by atoms with E-state index in [0.717, 1.165) is 18.2 Å². The van der Waals surface area contributed by atoms with Crippen molar-refractivity contribution in [3.63, 3.8) is 0 Å². The maximum atomic E-state index is 5.69. The van der Waals surface area contributed by atoms with Crippen LogP contribution in [0.5, 0.6) is 0 Å². The quantitative estimate of drug-likeness (QED) is 0.829. The van der Waals surface area contributed by atoms with E-state index in [1.165, 1.54) is 32.4 Å². The van der Waals surface area contributed by atoms with Crippen LogP contribution >= 0.6 is 0 Å². The molecule has 0 saturated carbocycles. The predicted octanol–water partition coefficient (Wildman–Crippen LogP) is 2.29. The van der Waals surface area contributed by atoms with Crippen LogP contribution in [0.15, 0.2) is 18.2 Å². The summed E-state index contributed by atoms with van der Waals surface area (Å²) in [5.74, 6) is 1.50. The molecule has 0 bridgehead atoms. The lowest BCUT2D eigenvalue weighted by molar-refractivity contribution is 0.270. The van der Waals surface area contributed by atoms with E-state index in [0.29, 0.717) is 5.82 Å². The molecule has 1 aromatic heterocycles. The van der Waals surface area contributed by atoms with Crippen LogP contribution in [-0.2, 0) is 6.54 Å². The molecular weight excluding hydrogens is 198 g/mol. The van der Waals surface area contributed by atoms with E-state index in [1.54, 1.807) is 0 Å². The smallest absolute Gasteiger partial charge is 0.123 e. The standard InChI is InChI=1S/C13H21N3/c1-11-4-3-8-16(9-7-11)10-12-5-2-6-13(14)15-12/h2,5-6,11H,3-4,7-10H2,1H3,(H2,14,15). The average molecular weight is 219 g/mol. The molecule has 1 atom stereocenters. The zero-order valence-electron chi connectivity index (χ0n) is 10.0. The van der Waals surface area contributed by atoms with Gasteiger partial charge in [0.1, 0.15) is 5.82 Å². The largest absolute Gasteiger partial charge is 0.384 e. The van der Waals surface area contributed by atoms with Gasteiger partial charge in [-0.1, -0.05) is 13.0 Å². The Hall–Kier alpha value is -1.09. The lowest BCUT2D eigenvalue weighted by Crippen LogP contribution is -2.24. The van der Waals surface area contributed by atoms with E-state index in [4.69, 9.17) is 5.73 Å². The number of pyridine rings is 1. The summed E-state index contributed by atoms with van der Waals surface area (Å²) in [6, 6.07) is 5.89. The molecular formula is C13H21N3. The highest BCUT2D eigenvalue weighted by Crippen LogP contribution is 2.17. The Balaban J connectivity index is 1.93. The van der Waals surface area contributed by atoms with Gasteiger partial charge in [-0.05, 0) is 50.4 Å².